The first-order valence-electron chi connectivity index (χ1n) is 5.63. The van der Waals surface area contributed by atoms with E-state index in [4.69, 9.17) is 5.73 Å². The number of aromatic nitrogens is 1. The minimum absolute atomic E-state index is 0.266. The quantitative estimate of drug-likeness (QED) is 0.852. The Morgan fingerprint density at radius 3 is 2.47 bits per heavy atom. The first-order chi connectivity index (χ1) is 8.18. The van der Waals surface area contributed by atoms with Gasteiger partial charge < -0.3 is 10.3 Å². The molecule has 2 aromatic rings. The Labute approximate surface area is 101 Å². The largest absolute Gasteiger partial charge is 0.369 e. The van der Waals surface area contributed by atoms with Gasteiger partial charge in [0, 0.05) is 18.9 Å². The summed E-state index contributed by atoms with van der Waals surface area (Å²) in [5, 5.41) is 0. The highest BCUT2D eigenvalue weighted by Gasteiger charge is 2.20. The predicted molar refractivity (Wildman–Crippen MR) is 67.5 cm³/mol. The molecule has 0 spiro atoms. The zero-order valence-electron chi connectivity index (χ0n) is 9.84. The van der Waals surface area contributed by atoms with Crippen LogP contribution in [0.3, 0.4) is 0 Å². The number of aryl methyl sites for hydroxylation is 1. The Hall–Kier alpha value is -2.03. The molecule has 3 heteroatoms. The molecule has 0 saturated carbocycles. The third-order valence-electron chi connectivity index (χ3n) is 2.97. The van der Waals surface area contributed by atoms with E-state index in [9.17, 15) is 4.79 Å². The second kappa shape index (κ2) is 4.87. The Bertz CT molecular complexity index is 502. The van der Waals surface area contributed by atoms with Gasteiger partial charge in [-0.2, -0.15) is 0 Å². The van der Waals surface area contributed by atoms with Crippen molar-refractivity contribution in [3.63, 3.8) is 0 Å². The molecule has 0 aliphatic heterocycles. The Morgan fingerprint density at radius 1 is 1.24 bits per heavy atom. The molecular formula is C14H16N2O. The van der Waals surface area contributed by atoms with Gasteiger partial charge in [0.2, 0.25) is 5.91 Å². The van der Waals surface area contributed by atoms with Crippen LogP contribution in [-0.4, -0.2) is 10.5 Å². The summed E-state index contributed by atoms with van der Waals surface area (Å²) in [6.45, 7) is 0. The molecule has 2 rings (SSSR count). The number of hydrogen-bond donors (Lipinski definition) is 1. The highest BCUT2D eigenvalue weighted by molar-refractivity contribution is 5.81. The van der Waals surface area contributed by atoms with Crippen LogP contribution in [0.4, 0.5) is 0 Å². The molecule has 2 N–H and O–H groups in total. The number of nitrogens with two attached hydrogens (primary N) is 1. The summed E-state index contributed by atoms with van der Waals surface area (Å²) in [5.74, 6) is -0.548. The molecule has 0 saturated heterocycles. The smallest absolute Gasteiger partial charge is 0.226 e. The summed E-state index contributed by atoms with van der Waals surface area (Å²) in [5.41, 5.74) is 7.57. The van der Waals surface area contributed by atoms with Gasteiger partial charge in [0.1, 0.15) is 0 Å². The van der Waals surface area contributed by atoms with E-state index in [2.05, 4.69) is 0 Å². The van der Waals surface area contributed by atoms with E-state index in [1.807, 2.05) is 60.3 Å². The van der Waals surface area contributed by atoms with E-state index in [0.29, 0.717) is 6.42 Å². The number of carbonyl (C=O) groups excluding carboxylic acids is 1. The van der Waals surface area contributed by atoms with Crippen molar-refractivity contribution in [1.29, 1.82) is 0 Å². The molecule has 0 aliphatic carbocycles. The molecule has 1 aromatic carbocycles. The molecule has 0 radical (unpaired) electrons. The van der Waals surface area contributed by atoms with Gasteiger partial charge in [0.25, 0.3) is 0 Å². The first-order valence-corrected chi connectivity index (χ1v) is 5.63. The van der Waals surface area contributed by atoms with Crippen LogP contribution < -0.4 is 5.73 Å². The second-order valence-electron chi connectivity index (χ2n) is 4.19. The molecule has 17 heavy (non-hydrogen) atoms. The Balaban J connectivity index is 2.26. The number of amides is 1. The molecule has 0 aliphatic rings. The predicted octanol–water partition coefficient (Wildman–Crippen LogP) is 1.84. The van der Waals surface area contributed by atoms with Gasteiger partial charge in [-0.05, 0) is 24.1 Å². The van der Waals surface area contributed by atoms with Crippen molar-refractivity contribution >= 4 is 5.91 Å². The number of benzene rings is 1. The summed E-state index contributed by atoms with van der Waals surface area (Å²) in [6.07, 6.45) is 2.57. The fourth-order valence-corrected chi connectivity index (χ4v) is 2.04. The van der Waals surface area contributed by atoms with Gasteiger partial charge in [-0.15, -0.1) is 0 Å². The van der Waals surface area contributed by atoms with Crippen molar-refractivity contribution in [2.45, 2.75) is 12.3 Å². The third-order valence-corrected chi connectivity index (χ3v) is 2.97. The highest BCUT2D eigenvalue weighted by atomic mass is 16.1. The summed E-state index contributed by atoms with van der Waals surface area (Å²) in [6, 6.07) is 13.8. The fourth-order valence-electron chi connectivity index (χ4n) is 2.04. The maximum atomic E-state index is 11.6. The average molecular weight is 228 g/mol. The third kappa shape index (κ3) is 2.56. The van der Waals surface area contributed by atoms with Crippen LogP contribution in [0.25, 0.3) is 0 Å². The number of primary amides is 1. The minimum Gasteiger partial charge on any atom is -0.369 e. The van der Waals surface area contributed by atoms with Crippen LogP contribution in [0.1, 0.15) is 17.2 Å². The SMILES string of the molecule is Cn1cccc1C(Cc1ccccc1)C(N)=O. The van der Waals surface area contributed by atoms with Crippen LogP contribution >= 0.6 is 0 Å². The van der Waals surface area contributed by atoms with Crippen molar-refractivity contribution < 1.29 is 4.79 Å². The summed E-state index contributed by atoms with van der Waals surface area (Å²) >= 11 is 0. The lowest BCUT2D eigenvalue weighted by atomic mass is 9.95. The molecule has 1 aromatic heterocycles. The lowest BCUT2D eigenvalue weighted by molar-refractivity contribution is -0.119. The maximum Gasteiger partial charge on any atom is 0.226 e. The molecule has 1 heterocycles. The first kappa shape index (κ1) is 11.5. The van der Waals surface area contributed by atoms with Gasteiger partial charge in [-0.3, -0.25) is 4.79 Å². The van der Waals surface area contributed by atoms with Crippen LogP contribution in [0.5, 0.6) is 0 Å². The standard InChI is InChI=1S/C14H16N2O/c1-16-9-5-8-13(16)12(14(15)17)10-11-6-3-2-4-7-11/h2-9,12H,10H2,1H3,(H2,15,17). The number of carbonyl (C=O) groups is 1. The Kier molecular flexibility index (Phi) is 3.28. The molecule has 0 bridgehead atoms. The maximum absolute atomic E-state index is 11.6. The minimum atomic E-state index is -0.282. The van der Waals surface area contributed by atoms with Crippen LogP contribution in [0.15, 0.2) is 48.7 Å². The van der Waals surface area contributed by atoms with Crippen molar-refractivity contribution in [1.82, 2.24) is 4.57 Å². The van der Waals surface area contributed by atoms with Gasteiger partial charge in [-0.25, -0.2) is 0 Å². The molecule has 1 unspecified atom stereocenters. The van der Waals surface area contributed by atoms with Crippen molar-refractivity contribution in [3.8, 4) is 0 Å². The monoisotopic (exact) mass is 228 g/mol. The second-order valence-corrected chi connectivity index (χ2v) is 4.19. The van der Waals surface area contributed by atoms with E-state index in [1.54, 1.807) is 0 Å². The van der Waals surface area contributed by atoms with Crippen molar-refractivity contribution in [3.05, 3.63) is 59.9 Å². The fraction of sp³-hybridized carbons (Fsp3) is 0.214. The Morgan fingerprint density at radius 2 is 1.94 bits per heavy atom. The lowest BCUT2D eigenvalue weighted by Crippen LogP contribution is -2.25. The van der Waals surface area contributed by atoms with Gasteiger partial charge in [-0.1, -0.05) is 30.3 Å². The molecule has 88 valence electrons. The zero-order chi connectivity index (χ0) is 12.3. The van der Waals surface area contributed by atoms with Crippen LogP contribution in [0, 0.1) is 0 Å². The summed E-state index contributed by atoms with van der Waals surface area (Å²) in [7, 11) is 1.93. The van der Waals surface area contributed by atoms with E-state index < -0.39 is 0 Å². The highest BCUT2D eigenvalue weighted by Crippen LogP contribution is 2.20. The van der Waals surface area contributed by atoms with E-state index in [0.717, 1.165) is 11.3 Å². The van der Waals surface area contributed by atoms with E-state index in [-0.39, 0.29) is 11.8 Å². The van der Waals surface area contributed by atoms with E-state index >= 15 is 0 Å². The average Bonchev–Trinajstić information content (AvgIpc) is 2.73. The topological polar surface area (TPSA) is 48.0 Å². The summed E-state index contributed by atoms with van der Waals surface area (Å²) in [4.78, 5) is 11.6. The van der Waals surface area contributed by atoms with Gasteiger partial charge in [0.15, 0.2) is 0 Å². The van der Waals surface area contributed by atoms with Crippen molar-refractivity contribution in [2.75, 3.05) is 0 Å². The van der Waals surface area contributed by atoms with Crippen LogP contribution in [0.2, 0.25) is 0 Å². The zero-order valence-corrected chi connectivity index (χ0v) is 9.84. The number of rotatable bonds is 4. The number of nitrogens with zero attached hydrogens (tertiary/aromatic N) is 1. The van der Waals surface area contributed by atoms with Gasteiger partial charge >= 0.3 is 0 Å². The van der Waals surface area contributed by atoms with Crippen molar-refractivity contribution in [2.24, 2.45) is 12.8 Å². The molecule has 1 amide bonds. The normalized spacial score (nSPS) is 12.3. The molecule has 0 fully saturated rings. The number of hydrogen-bond acceptors (Lipinski definition) is 1. The lowest BCUT2D eigenvalue weighted by Gasteiger charge is -2.14. The summed E-state index contributed by atoms with van der Waals surface area (Å²) < 4.78 is 1.94. The molecule has 1 atom stereocenters. The van der Waals surface area contributed by atoms with E-state index in [1.165, 1.54) is 0 Å². The van der Waals surface area contributed by atoms with Gasteiger partial charge in [0.05, 0.1) is 5.92 Å². The van der Waals surface area contributed by atoms with Crippen LogP contribution in [-0.2, 0) is 18.3 Å². The molecular weight excluding hydrogens is 212 g/mol. The molecule has 3 nitrogen and oxygen atoms in total.